The molecule has 5 nitrogen and oxygen atoms in total. The Kier molecular flexibility index (Phi) is 10.2. The second kappa shape index (κ2) is 13.1. The molecule has 1 aliphatic heterocycles. The average molecular weight is 543 g/mol. The average Bonchev–Trinajstić information content (AvgIpc) is 3.21. The number of hydrazone groups is 1. The SMILES string of the molecule is CCCCCCN(/N=C1/SCC(C)N1C(=S)Nc1cccc(OC(F)(F)C(F)F)c1)c1ccccc1. The van der Waals surface area contributed by atoms with E-state index < -0.39 is 18.3 Å². The number of alkyl halides is 4. The summed E-state index contributed by atoms with van der Waals surface area (Å²) in [5.41, 5.74) is 1.32. The predicted molar refractivity (Wildman–Crippen MR) is 143 cm³/mol. The van der Waals surface area contributed by atoms with Gasteiger partial charge in [0.15, 0.2) is 10.3 Å². The summed E-state index contributed by atoms with van der Waals surface area (Å²) in [6.07, 6.45) is -4.10. The van der Waals surface area contributed by atoms with Crippen LogP contribution in [0.1, 0.15) is 39.5 Å². The van der Waals surface area contributed by atoms with E-state index in [4.69, 9.17) is 17.3 Å². The lowest BCUT2D eigenvalue weighted by Crippen LogP contribution is -2.41. The molecule has 1 saturated heterocycles. The number of hydrogen-bond donors (Lipinski definition) is 1. The highest BCUT2D eigenvalue weighted by Crippen LogP contribution is 2.30. The Morgan fingerprint density at radius 2 is 1.94 bits per heavy atom. The standard InChI is InChI=1S/C25H30F4N4OS2/c1-3-4-5-9-15-32(20-12-7-6-8-13-20)31-24-33(18(2)17-36-24)23(35)30-19-11-10-14-21(16-19)34-25(28,29)22(26)27/h6-8,10-14,16,18,22H,3-5,9,15,17H2,1-2H3,(H,30,35)/b31-24+. The van der Waals surface area contributed by atoms with Gasteiger partial charge in [-0.25, -0.2) is 0 Å². The number of thiocarbonyl (C=S) groups is 1. The number of para-hydroxylation sites is 1. The van der Waals surface area contributed by atoms with E-state index in [2.05, 4.69) is 17.0 Å². The van der Waals surface area contributed by atoms with E-state index in [1.807, 2.05) is 47.2 Å². The van der Waals surface area contributed by atoms with Crippen molar-refractivity contribution < 1.29 is 22.3 Å². The number of anilines is 2. The van der Waals surface area contributed by atoms with Crippen molar-refractivity contribution in [1.82, 2.24) is 4.90 Å². The Morgan fingerprint density at radius 1 is 1.19 bits per heavy atom. The van der Waals surface area contributed by atoms with Gasteiger partial charge >= 0.3 is 12.5 Å². The maximum absolute atomic E-state index is 13.3. The van der Waals surface area contributed by atoms with Gasteiger partial charge in [-0.05, 0) is 49.8 Å². The summed E-state index contributed by atoms with van der Waals surface area (Å²) in [5, 5.41) is 11.0. The van der Waals surface area contributed by atoms with Crippen LogP contribution in [0.5, 0.6) is 5.75 Å². The number of unbranched alkanes of at least 4 members (excludes halogenated alkanes) is 3. The van der Waals surface area contributed by atoms with Crippen molar-refractivity contribution in [3.63, 3.8) is 0 Å². The number of benzene rings is 2. The van der Waals surface area contributed by atoms with Crippen molar-refractivity contribution in [2.75, 3.05) is 22.6 Å². The third-order valence-corrected chi connectivity index (χ3v) is 6.88. The zero-order valence-corrected chi connectivity index (χ0v) is 21.8. The van der Waals surface area contributed by atoms with Gasteiger partial charge in [-0.3, -0.25) is 9.91 Å². The third kappa shape index (κ3) is 7.73. The van der Waals surface area contributed by atoms with E-state index >= 15 is 0 Å². The van der Waals surface area contributed by atoms with E-state index in [1.54, 1.807) is 17.8 Å². The first-order valence-electron chi connectivity index (χ1n) is 11.8. The van der Waals surface area contributed by atoms with Crippen LogP contribution >= 0.6 is 24.0 Å². The highest BCUT2D eigenvalue weighted by molar-refractivity contribution is 8.14. The lowest BCUT2D eigenvalue weighted by Gasteiger charge is -2.27. The first-order valence-corrected chi connectivity index (χ1v) is 13.2. The van der Waals surface area contributed by atoms with E-state index in [-0.39, 0.29) is 6.04 Å². The van der Waals surface area contributed by atoms with Crippen LogP contribution in [0.4, 0.5) is 28.9 Å². The van der Waals surface area contributed by atoms with Gasteiger partial charge in [0.25, 0.3) is 0 Å². The van der Waals surface area contributed by atoms with Crippen LogP contribution in [0.3, 0.4) is 0 Å². The van der Waals surface area contributed by atoms with E-state index in [0.29, 0.717) is 10.8 Å². The molecule has 0 spiro atoms. The summed E-state index contributed by atoms with van der Waals surface area (Å²) in [5.74, 6) is 0.372. The molecule has 1 heterocycles. The number of halogens is 4. The summed E-state index contributed by atoms with van der Waals surface area (Å²) >= 11 is 7.21. The van der Waals surface area contributed by atoms with Crippen molar-refractivity contribution in [3.05, 3.63) is 54.6 Å². The minimum absolute atomic E-state index is 0.0362. The Hall–Kier alpha value is -2.53. The largest absolute Gasteiger partial charge is 0.461 e. The summed E-state index contributed by atoms with van der Waals surface area (Å²) < 4.78 is 55.8. The number of hydrogen-bond acceptors (Lipinski definition) is 5. The van der Waals surface area contributed by atoms with E-state index in [1.165, 1.54) is 18.2 Å². The fraction of sp³-hybridized carbons (Fsp3) is 0.440. The second-order valence-corrected chi connectivity index (χ2v) is 9.73. The summed E-state index contributed by atoms with van der Waals surface area (Å²) in [4.78, 5) is 1.88. The minimum Gasteiger partial charge on any atom is -0.428 e. The van der Waals surface area contributed by atoms with Gasteiger partial charge in [-0.1, -0.05) is 62.2 Å². The second-order valence-electron chi connectivity index (χ2n) is 8.35. The highest BCUT2D eigenvalue weighted by atomic mass is 32.2. The summed E-state index contributed by atoms with van der Waals surface area (Å²) in [6, 6.07) is 15.3. The molecule has 0 amide bonds. The van der Waals surface area contributed by atoms with Gasteiger partial charge < -0.3 is 10.1 Å². The van der Waals surface area contributed by atoms with Crippen molar-refractivity contribution in [2.24, 2.45) is 5.10 Å². The molecule has 1 fully saturated rings. The lowest BCUT2D eigenvalue weighted by atomic mass is 10.2. The monoisotopic (exact) mass is 542 g/mol. The fourth-order valence-corrected chi connectivity index (χ4v) is 5.09. The van der Waals surface area contributed by atoms with Gasteiger partial charge in [-0.15, -0.1) is 5.10 Å². The summed E-state index contributed by atoms with van der Waals surface area (Å²) in [7, 11) is 0. The quantitative estimate of drug-likeness (QED) is 0.138. The van der Waals surface area contributed by atoms with Crippen molar-refractivity contribution in [2.45, 2.75) is 58.1 Å². The number of ether oxygens (including phenoxy) is 1. The first kappa shape index (κ1) is 28.0. The number of nitrogens with one attached hydrogen (secondary N) is 1. The van der Waals surface area contributed by atoms with Crippen molar-refractivity contribution in [1.29, 1.82) is 0 Å². The smallest absolute Gasteiger partial charge is 0.428 e. The van der Waals surface area contributed by atoms with Gasteiger partial charge in [0.1, 0.15) is 5.75 Å². The molecule has 1 atom stereocenters. The molecule has 2 aromatic carbocycles. The highest BCUT2D eigenvalue weighted by Gasteiger charge is 2.44. The van der Waals surface area contributed by atoms with Gasteiger partial charge in [0.05, 0.1) is 5.69 Å². The van der Waals surface area contributed by atoms with E-state index in [0.717, 1.165) is 48.8 Å². The Morgan fingerprint density at radius 3 is 2.64 bits per heavy atom. The van der Waals surface area contributed by atoms with Gasteiger partial charge in [0.2, 0.25) is 0 Å². The molecule has 1 unspecified atom stereocenters. The molecule has 1 aliphatic rings. The maximum atomic E-state index is 13.3. The molecule has 0 aromatic heterocycles. The molecule has 0 bridgehead atoms. The maximum Gasteiger partial charge on any atom is 0.461 e. The number of thioether (sulfide) groups is 1. The van der Waals surface area contributed by atoms with Crippen LogP contribution in [0, 0.1) is 0 Å². The Bertz CT molecular complexity index is 1030. The molecule has 11 heteroatoms. The zero-order chi connectivity index (χ0) is 26.1. The molecule has 3 rings (SSSR count). The molecule has 0 radical (unpaired) electrons. The fourth-order valence-electron chi connectivity index (χ4n) is 3.54. The molecule has 36 heavy (non-hydrogen) atoms. The molecule has 0 aliphatic carbocycles. The predicted octanol–water partition coefficient (Wildman–Crippen LogP) is 7.42. The van der Waals surface area contributed by atoms with Crippen LogP contribution in [0.2, 0.25) is 0 Å². The zero-order valence-electron chi connectivity index (χ0n) is 20.2. The van der Waals surface area contributed by atoms with Gasteiger partial charge in [0, 0.05) is 30.1 Å². The summed E-state index contributed by atoms with van der Waals surface area (Å²) in [6.45, 7) is 4.94. The molecule has 1 N–H and O–H groups in total. The van der Waals surface area contributed by atoms with Crippen molar-refractivity contribution in [3.8, 4) is 5.75 Å². The molecular weight excluding hydrogens is 512 g/mol. The lowest BCUT2D eigenvalue weighted by molar-refractivity contribution is -0.253. The topological polar surface area (TPSA) is 40.1 Å². The van der Waals surface area contributed by atoms with Crippen LogP contribution in [0.25, 0.3) is 0 Å². The van der Waals surface area contributed by atoms with Gasteiger partial charge in [-0.2, -0.15) is 17.6 Å². The molecule has 0 saturated carbocycles. The van der Waals surface area contributed by atoms with Crippen LogP contribution in [0.15, 0.2) is 59.7 Å². The normalized spacial score (nSPS) is 17.0. The number of nitrogens with zero attached hydrogens (tertiary/aromatic N) is 3. The van der Waals surface area contributed by atoms with Crippen molar-refractivity contribution >= 4 is 45.6 Å². The third-order valence-electron chi connectivity index (χ3n) is 5.40. The molecular formula is C25H30F4N4OS2. The van der Waals surface area contributed by atoms with E-state index in [9.17, 15) is 17.6 Å². The van der Waals surface area contributed by atoms with Crippen LogP contribution < -0.4 is 15.1 Å². The van der Waals surface area contributed by atoms with Crippen LogP contribution in [-0.4, -0.2) is 46.1 Å². The minimum atomic E-state index is -4.59. The Labute approximate surface area is 218 Å². The number of amidine groups is 1. The van der Waals surface area contributed by atoms with Crippen LogP contribution in [-0.2, 0) is 0 Å². The number of rotatable bonds is 11. The Balaban J connectivity index is 1.77. The molecule has 2 aromatic rings. The molecule has 196 valence electrons. The first-order chi connectivity index (χ1) is 17.2.